The van der Waals surface area contributed by atoms with Crippen LogP contribution in [0.4, 0.5) is 5.69 Å². The van der Waals surface area contributed by atoms with Crippen molar-refractivity contribution in [2.75, 3.05) is 11.4 Å². The van der Waals surface area contributed by atoms with E-state index in [0.717, 1.165) is 18.5 Å². The average molecular weight is 200 g/mol. The Hall–Kier alpha value is -1.82. The highest BCUT2D eigenvalue weighted by Gasteiger charge is 2.33. The molecule has 0 spiro atoms. The molecule has 0 N–H and O–H groups in total. The number of benzene rings is 1. The van der Waals surface area contributed by atoms with Gasteiger partial charge in [-0.05, 0) is 25.0 Å². The van der Waals surface area contributed by atoms with Crippen molar-refractivity contribution >= 4 is 11.6 Å². The Morgan fingerprint density at radius 1 is 1.40 bits per heavy atom. The summed E-state index contributed by atoms with van der Waals surface area (Å²) in [7, 11) is 0. The van der Waals surface area contributed by atoms with E-state index >= 15 is 0 Å². The summed E-state index contributed by atoms with van der Waals surface area (Å²) in [5, 5.41) is 8.71. The number of carbonyl (C=O) groups excluding carboxylic acids is 1. The van der Waals surface area contributed by atoms with E-state index in [1.807, 2.05) is 36.4 Å². The molecule has 0 radical (unpaired) electrons. The van der Waals surface area contributed by atoms with Gasteiger partial charge in [0.1, 0.15) is 6.54 Å². The zero-order chi connectivity index (χ0) is 10.7. The summed E-state index contributed by atoms with van der Waals surface area (Å²) in [4.78, 5) is 13.4. The third kappa shape index (κ3) is 2.16. The molecule has 1 aliphatic carbocycles. The predicted octanol–water partition coefficient (Wildman–Crippen LogP) is 1.95. The Labute approximate surface area is 88.9 Å². The van der Waals surface area contributed by atoms with Crippen molar-refractivity contribution in [2.24, 2.45) is 5.92 Å². The molecule has 0 saturated heterocycles. The van der Waals surface area contributed by atoms with Gasteiger partial charge in [-0.15, -0.1) is 0 Å². The molecule has 15 heavy (non-hydrogen) atoms. The summed E-state index contributed by atoms with van der Waals surface area (Å²) in [6.45, 7) is 0.138. The first kappa shape index (κ1) is 9.72. The van der Waals surface area contributed by atoms with Gasteiger partial charge in [-0.2, -0.15) is 5.26 Å². The second kappa shape index (κ2) is 4.14. The monoisotopic (exact) mass is 200 g/mol. The highest BCUT2D eigenvalue weighted by Crippen LogP contribution is 2.32. The first-order valence-electron chi connectivity index (χ1n) is 5.06. The van der Waals surface area contributed by atoms with Crippen LogP contribution in [0.15, 0.2) is 30.3 Å². The second-order valence-corrected chi connectivity index (χ2v) is 3.69. The minimum Gasteiger partial charge on any atom is -0.298 e. The van der Waals surface area contributed by atoms with Crippen molar-refractivity contribution < 1.29 is 4.79 Å². The largest absolute Gasteiger partial charge is 0.298 e. The van der Waals surface area contributed by atoms with Crippen molar-refractivity contribution in [3.63, 3.8) is 0 Å². The minimum absolute atomic E-state index is 0.0859. The van der Waals surface area contributed by atoms with Crippen LogP contribution in [-0.2, 0) is 4.79 Å². The maximum Gasteiger partial charge on any atom is 0.231 e. The fraction of sp³-hybridized carbons (Fsp3) is 0.333. The number of nitriles is 1. The lowest BCUT2D eigenvalue weighted by atomic mass is 10.2. The van der Waals surface area contributed by atoms with E-state index in [0.29, 0.717) is 0 Å². The van der Waals surface area contributed by atoms with Crippen molar-refractivity contribution in [1.82, 2.24) is 0 Å². The molecule has 0 bridgehead atoms. The van der Waals surface area contributed by atoms with Crippen LogP contribution in [0.2, 0.25) is 0 Å². The molecule has 0 heterocycles. The minimum atomic E-state index is 0.0859. The van der Waals surface area contributed by atoms with Gasteiger partial charge < -0.3 is 0 Å². The van der Waals surface area contributed by atoms with E-state index in [2.05, 4.69) is 0 Å². The number of hydrogen-bond donors (Lipinski definition) is 0. The van der Waals surface area contributed by atoms with Crippen molar-refractivity contribution in [3.05, 3.63) is 30.3 Å². The van der Waals surface area contributed by atoms with Gasteiger partial charge in [-0.3, -0.25) is 9.69 Å². The summed E-state index contributed by atoms with van der Waals surface area (Å²) in [6.07, 6.45) is 1.93. The molecule has 1 aromatic rings. The zero-order valence-electron chi connectivity index (χ0n) is 8.39. The van der Waals surface area contributed by atoms with Crippen LogP contribution in [0.1, 0.15) is 12.8 Å². The number of carbonyl (C=O) groups is 1. The van der Waals surface area contributed by atoms with Crippen LogP contribution in [0.3, 0.4) is 0 Å². The number of nitrogens with zero attached hydrogens (tertiary/aromatic N) is 2. The van der Waals surface area contributed by atoms with Crippen molar-refractivity contribution in [3.8, 4) is 6.07 Å². The van der Waals surface area contributed by atoms with E-state index in [9.17, 15) is 4.79 Å². The number of rotatable bonds is 3. The third-order valence-corrected chi connectivity index (χ3v) is 2.49. The van der Waals surface area contributed by atoms with Gasteiger partial charge in [-0.1, -0.05) is 18.2 Å². The Morgan fingerprint density at radius 3 is 2.60 bits per heavy atom. The molecule has 1 fully saturated rings. The normalized spacial score (nSPS) is 14.3. The predicted molar refractivity (Wildman–Crippen MR) is 57.1 cm³/mol. The third-order valence-electron chi connectivity index (χ3n) is 2.49. The molecular formula is C12H12N2O. The van der Waals surface area contributed by atoms with Gasteiger partial charge in [0, 0.05) is 11.6 Å². The molecule has 1 aliphatic rings. The molecule has 0 aliphatic heterocycles. The fourth-order valence-electron chi connectivity index (χ4n) is 1.53. The van der Waals surface area contributed by atoms with Crippen LogP contribution < -0.4 is 4.90 Å². The Morgan fingerprint density at radius 2 is 2.07 bits per heavy atom. The smallest absolute Gasteiger partial charge is 0.231 e. The van der Waals surface area contributed by atoms with Gasteiger partial charge in [0.25, 0.3) is 0 Å². The summed E-state index contributed by atoms with van der Waals surface area (Å²) in [6, 6.07) is 11.4. The van der Waals surface area contributed by atoms with Gasteiger partial charge in [0.15, 0.2) is 0 Å². The molecular weight excluding hydrogens is 188 g/mol. The summed E-state index contributed by atoms with van der Waals surface area (Å²) >= 11 is 0. The molecule has 0 atom stereocenters. The second-order valence-electron chi connectivity index (χ2n) is 3.69. The Balaban J connectivity index is 2.19. The topological polar surface area (TPSA) is 44.1 Å². The molecule has 1 saturated carbocycles. The quantitative estimate of drug-likeness (QED) is 0.700. The average Bonchev–Trinajstić information content (AvgIpc) is 3.10. The first-order valence-corrected chi connectivity index (χ1v) is 5.06. The maximum atomic E-state index is 11.9. The number of anilines is 1. The lowest BCUT2D eigenvalue weighted by Crippen LogP contribution is -2.32. The molecule has 1 aromatic carbocycles. The van der Waals surface area contributed by atoms with Gasteiger partial charge in [0.05, 0.1) is 6.07 Å². The van der Waals surface area contributed by atoms with E-state index in [1.165, 1.54) is 0 Å². The number of para-hydroxylation sites is 1. The van der Waals surface area contributed by atoms with Gasteiger partial charge in [0.2, 0.25) is 5.91 Å². The molecule has 1 amide bonds. The van der Waals surface area contributed by atoms with Crippen LogP contribution in [-0.4, -0.2) is 12.5 Å². The van der Waals surface area contributed by atoms with Crippen LogP contribution in [0.25, 0.3) is 0 Å². The molecule has 3 nitrogen and oxygen atoms in total. The molecule has 3 heteroatoms. The molecule has 76 valence electrons. The molecule has 0 unspecified atom stereocenters. The highest BCUT2D eigenvalue weighted by molar-refractivity contribution is 5.96. The standard InChI is InChI=1S/C12H12N2O/c13-8-9-14(12(15)10-6-7-10)11-4-2-1-3-5-11/h1-5,10H,6-7,9H2. The first-order chi connectivity index (χ1) is 7.33. The zero-order valence-corrected chi connectivity index (χ0v) is 8.39. The maximum absolute atomic E-state index is 11.9. The fourth-order valence-corrected chi connectivity index (χ4v) is 1.53. The number of amides is 1. The summed E-state index contributed by atoms with van der Waals surface area (Å²) in [5.41, 5.74) is 0.816. The lowest BCUT2D eigenvalue weighted by Gasteiger charge is -2.19. The SMILES string of the molecule is N#CCN(C(=O)C1CC1)c1ccccc1. The van der Waals surface area contributed by atoms with Crippen LogP contribution in [0.5, 0.6) is 0 Å². The summed E-state index contributed by atoms with van der Waals surface area (Å²) in [5.74, 6) is 0.237. The highest BCUT2D eigenvalue weighted by atomic mass is 16.2. The van der Waals surface area contributed by atoms with E-state index < -0.39 is 0 Å². The van der Waals surface area contributed by atoms with Gasteiger partial charge >= 0.3 is 0 Å². The lowest BCUT2D eigenvalue weighted by molar-refractivity contribution is -0.119. The Bertz CT molecular complexity index is 390. The van der Waals surface area contributed by atoms with E-state index in [-0.39, 0.29) is 18.4 Å². The van der Waals surface area contributed by atoms with Crippen molar-refractivity contribution in [1.29, 1.82) is 5.26 Å². The van der Waals surface area contributed by atoms with Crippen LogP contribution >= 0.6 is 0 Å². The van der Waals surface area contributed by atoms with Gasteiger partial charge in [-0.25, -0.2) is 0 Å². The summed E-state index contributed by atoms with van der Waals surface area (Å²) < 4.78 is 0. The Kier molecular flexibility index (Phi) is 2.68. The van der Waals surface area contributed by atoms with Crippen LogP contribution in [0, 0.1) is 17.2 Å². The van der Waals surface area contributed by atoms with E-state index in [4.69, 9.17) is 5.26 Å². The molecule has 0 aromatic heterocycles. The number of hydrogen-bond acceptors (Lipinski definition) is 2. The van der Waals surface area contributed by atoms with Crippen molar-refractivity contribution in [2.45, 2.75) is 12.8 Å². The van der Waals surface area contributed by atoms with E-state index in [1.54, 1.807) is 4.90 Å². The molecule has 2 rings (SSSR count).